The van der Waals surface area contributed by atoms with Gasteiger partial charge in [-0.15, -0.1) is 11.3 Å². The summed E-state index contributed by atoms with van der Waals surface area (Å²) >= 11 is 5.05. The van der Waals surface area contributed by atoms with E-state index in [9.17, 15) is 4.79 Å². The number of benzene rings is 1. The summed E-state index contributed by atoms with van der Waals surface area (Å²) in [6.07, 6.45) is 0. The van der Waals surface area contributed by atoms with E-state index in [2.05, 4.69) is 15.9 Å². The molecule has 4 nitrogen and oxygen atoms in total. The monoisotopic (exact) mass is 368 g/mol. The van der Waals surface area contributed by atoms with Crippen LogP contribution in [0, 0.1) is 0 Å². The average Bonchev–Trinajstić information content (AvgIpc) is 2.98. The van der Waals surface area contributed by atoms with E-state index in [1.807, 2.05) is 17.5 Å². The van der Waals surface area contributed by atoms with Crippen LogP contribution in [0.3, 0.4) is 0 Å². The number of carbonyl (C=O) groups is 1. The molecule has 21 heavy (non-hydrogen) atoms. The molecule has 0 saturated heterocycles. The fourth-order valence-electron chi connectivity index (χ4n) is 1.92. The molecule has 2 N–H and O–H groups in total. The van der Waals surface area contributed by atoms with Gasteiger partial charge in [0.15, 0.2) is 0 Å². The summed E-state index contributed by atoms with van der Waals surface area (Å²) in [6.45, 7) is 1.60. The van der Waals surface area contributed by atoms with E-state index in [0.29, 0.717) is 30.9 Å². The number of ether oxygens (including phenoxy) is 1. The molecule has 6 heteroatoms. The van der Waals surface area contributed by atoms with E-state index in [1.54, 1.807) is 41.5 Å². The SMILES string of the molecule is COCCN(Cc1cccs1)C(=O)c1cc(N)ccc1Br. The predicted molar refractivity (Wildman–Crippen MR) is 89.5 cm³/mol. The molecule has 0 fully saturated rings. The Morgan fingerprint density at radius 3 is 2.90 bits per heavy atom. The van der Waals surface area contributed by atoms with Gasteiger partial charge in [0, 0.05) is 28.7 Å². The Bertz CT molecular complexity index is 602. The number of anilines is 1. The standard InChI is InChI=1S/C15H17BrN2O2S/c1-20-7-6-18(10-12-3-2-8-21-12)15(19)13-9-11(17)4-5-14(13)16/h2-5,8-9H,6-7,10,17H2,1H3. The number of nitrogen functional groups attached to an aromatic ring is 1. The number of hydrogen-bond acceptors (Lipinski definition) is 4. The molecule has 0 spiro atoms. The summed E-state index contributed by atoms with van der Waals surface area (Å²) in [5.41, 5.74) is 6.93. The zero-order chi connectivity index (χ0) is 15.2. The maximum atomic E-state index is 12.7. The third-order valence-corrected chi connectivity index (χ3v) is 4.55. The van der Waals surface area contributed by atoms with Crippen LogP contribution < -0.4 is 5.73 Å². The topological polar surface area (TPSA) is 55.6 Å². The second kappa shape index (κ2) is 7.59. The van der Waals surface area contributed by atoms with E-state index in [0.717, 1.165) is 9.35 Å². The van der Waals surface area contributed by atoms with Crippen LogP contribution in [0.1, 0.15) is 15.2 Å². The van der Waals surface area contributed by atoms with Crippen LogP contribution in [0.5, 0.6) is 0 Å². The first kappa shape index (κ1) is 16.0. The van der Waals surface area contributed by atoms with Crippen molar-refractivity contribution in [1.29, 1.82) is 0 Å². The van der Waals surface area contributed by atoms with Gasteiger partial charge in [0.25, 0.3) is 5.91 Å². The molecule has 112 valence electrons. The molecule has 2 rings (SSSR count). The Hall–Kier alpha value is -1.37. The number of methoxy groups -OCH3 is 1. The van der Waals surface area contributed by atoms with Crippen LogP contribution in [0.2, 0.25) is 0 Å². The third kappa shape index (κ3) is 4.30. The molecule has 0 aliphatic rings. The van der Waals surface area contributed by atoms with Crippen molar-refractivity contribution in [3.63, 3.8) is 0 Å². The van der Waals surface area contributed by atoms with Crippen LogP contribution in [0.4, 0.5) is 5.69 Å². The molecule has 0 aliphatic heterocycles. The van der Waals surface area contributed by atoms with Gasteiger partial charge in [-0.2, -0.15) is 0 Å². The van der Waals surface area contributed by atoms with Gasteiger partial charge in [0.05, 0.1) is 18.7 Å². The first-order valence-corrected chi connectivity index (χ1v) is 8.14. The minimum absolute atomic E-state index is 0.0559. The highest BCUT2D eigenvalue weighted by Gasteiger charge is 2.19. The minimum atomic E-state index is -0.0559. The third-order valence-electron chi connectivity index (χ3n) is 3.00. The smallest absolute Gasteiger partial charge is 0.255 e. The van der Waals surface area contributed by atoms with Gasteiger partial charge < -0.3 is 15.4 Å². The summed E-state index contributed by atoms with van der Waals surface area (Å²) in [7, 11) is 1.63. The molecule has 1 heterocycles. The second-order valence-electron chi connectivity index (χ2n) is 4.54. The summed E-state index contributed by atoms with van der Waals surface area (Å²) < 4.78 is 5.85. The number of amides is 1. The van der Waals surface area contributed by atoms with Crippen molar-refractivity contribution in [2.45, 2.75) is 6.54 Å². The molecule has 0 atom stereocenters. The zero-order valence-electron chi connectivity index (χ0n) is 11.7. The molecule has 1 amide bonds. The molecule has 0 bridgehead atoms. The molecule has 1 aromatic carbocycles. The largest absolute Gasteiger partial charge is 0.399 e. The number of thiophene rings is 1. The van der Waals surface area contributed by atoms with Gasteiger partial charge in [-0.05, 0) is 45.6 Å². The minimum Gasteiger partial charge on any atom is -0.399 e. The lowest BCUT2D eigenvalue weighted by atomic mass is 10.1. The summed E-state index contributed by atoms with van der Waals surface area (Å²) in [4.78, 5) is 15.7. The fraction of sp³-hybridized carbons (Fsp3) is 0.267. The van der Waals surface area contributed by atoms with Crippen LogP contribution in [-0.2, 0) is 11.3 Å². The number of nitrogens with two attached hydrogens (primary N) is 1. The van der Waals surface area contributed by atoms with Gasteiger partial charge in [0.2, 0.25) is 0 Å². The predicted octanol–water partition coefficient (Wildman–Crippen LogP) is 3.38. The molecule has 2 aromatic rings. The first-order valence-electron chi connectivity index (χ1n) is 6.47. The Morgan fingerprint density at radius 2 is 2.24 bits per heavy atom. The van der Waals surface area contributed by atoms with E-state index < -0.39 is 0 Å². The lowest BCUT2D eigenvalue weighted by Crippen LogP contribution is -2.33. The highest BCUT2D eigenvalue weighted by Crippen LogP contribution is 2.22. The molecular formula is C15H17BrN2O2S. The molecule has 0 unspecified atom stereocenters. The lowest BCUT2D eigenvalue weighted by molar-refractivity contribution is 0.0681. The van der Waals surface area contributed by atoms with Crippen molar-refractivity contribution < 1.29 is 9.53 Å². The van der Waals surface area contributed by atoms with Crippen molar-refractivity contribution in [3.05, 3.63) is 50.6 Å². The number of halogens is 1. The molecule has 0 aliphatic carbocycles. The van der Waals surface area contributed by atoms with E-state index in [1.165, 1.54) is 0 Å². The number of carbonyl (C=O) groups excluding carboxylic acids is 1. The van der Waals surface area contributed by atoms with Crippen molar-refractivity contribution in [2.75, 3.05) is 26.0 Å². The highest BCUT2D eigenvalue weighted by molar-refractivity contribution is 9.10. The Labute approximate surface area is 136 Å². The van der Waals surface area contributed by atoms with Crippen molar-refractivity contribution >= 4 is 38.9 Å². The quantitative estimate of drug-likeness (QED) is 0.795. The Morgan fingerprint density at radius 1 is 1.43 bits per heavy atom. The number of hydrogen-bond donors (Lipinski definition) is 1. The fourth-order valence-corrected chi connectivity index (χ4v) is 3.06. The lowest BCUT2D eigenvalue weighted by Gasteiger charge is -2.22. The Kier molecular flexibility index (Phi) is 5.78. The van der Waals surface area contributed by atoms with Gasteiger partial charge in [-0.25, -0.2) is 0 Å². The summed E-state index contributed by atoms with van der Waals surface area (Å²) in [5, 5.41) is 2.00. The van der Waals surface area contributed by atoms with Crippen molar-refractivity contribution in [1.82, 2.24) is 4.90 Å². The molecular weight excluding hydrogens is 352 g/mol. The normalized spacial score (nSPS) is 10.6. The molecule has 0 radical (unpaired) electrons. The van der Waals surface area contributed by atoms with Crippen LogP contribution >= 0.6 is 27.3 Å². The number of rotatable bonds is 6. The first-order chi connectivity index (χ1) is 10.1. The van der Waals surface area contributed by atoms with Crippen LogP contribution in [0.25, 0.3) is 0 Å². The van der Waals surface area contributed by atoms with Gasteiger partial charge in [0.1, 0.15) is 0 Å². The van der Waals surface area contributed by atoms with Crippen LogP contribution in [-0.4, -0.2) is 31.1 Å². The Balaban J connectivity index is 2.22. The summed E-state index contributed by atoms with van der Waals surface area (Å²) in [5.74, 6) is -0.0559. The van der Waals surface area contributed by atoms with Gasteiger partial charge >= 0.3 is 0 Å². The zero-order valence-corrected chi connectivity index (χ0v) is 14.1. The van der Waals surface area contributed by atoms with Gasteiger partial charge in [-0.3, -0.25) is 4.79 Å². The molecule has 0 saturated carbocycles. The maximum absolute atomic E-state index is 12.7. The maximum Gasteiger partial charge on any atom is 0.255 e. The van der Waals surface area contributed by atoms with E-state index >= 15 is 0 Å². The van der Waals surface area contributed by atoms with Gasteiger partial charge in [-0.1, -0.05) is 6.07 Å². The highest BCUT2D eigenvalue weighted by atomic mass is 79.9. The number of nitrogens with zero attached hydrogens (tertiary/aromatic N) is 1. The second-order valence-corrected chi connectivity index (χ2v) is 6.42. The summed E-state index contributed by atoms with van der Waals surface area (Å²) in [6, 6.07) is 9.25. The average molecular weight is 369 g/mol. The van der Waals surface area contributed by atoms with Crippen molar-refractivity contribution in [2.24, 2.45) is 0 Å². The molecule has 1 aromatic heterocycles. The van der Waals surface area contributed by atoms with Crippen molar-refractivity contribution in [3.8, 4) is 0 Å². The van der Waals surface area contributed by atoms with E-state index in [4.69, 9.17) is 10.5 Å². The van der Waals surface area contributed by atoms with Crippen LogP contribution in [0.15, 0.2) is 40.2 Å². The van der Waals surface area contributed by atoms with E-state index in [-0.39, 0.29) is 5.91 Å².